The Hall–Kier alpha value is -0.890. The number of hydrogen-bond acceptors (Lipinski definition) is 5. The van der Waals surface area contributed by atoms with Crippen LogP contribution in [0, 0.1) is 5.92 Å². The van der Waals surface area contributed by atoms with Gasteiger partial charge in [0.05, 0.1) is 6.54 Å². The van der Waals surface area contributed by atoms with Crippen molar-refractivity contribution in [2.75, 3.05) is 19.7 Å². The molecule has 0 saturated heterocycles. The van der Waals surface area contributed by atoms with Gasteiger partial charge in [0.25, 0.3) is 10.0 Å². The SMILES string of the molecule is CCCNCc1ccc(S(=O)(=O)NCCCC(C)CO)o1. The molecule has 0 aliphatic rings. The Kier molecular flexibility index (Phi) is 7.95. The van der Waals surface area contributed by atoms with E-state index in [-0.39, 0.29) is 17.6 Å². The molecule has 6 nitrogen and oxygen atoms in total. The third-order valence-electron chi connectivity index (χ3n) is 3.11. The standard InChI is InChI=1S/C14H26N2O4S/c1-3-8-15-10-13-6-7-14(20-13)21(18,19)16-9-4-5-12(2)11-17/h6-7,12,15-17H,3-5,8-11H2,1-2H3. The minimum absolute atomic E-state index is 0.0500. The highest BCUT2D eigenvalue weighted by atomic mass is 32.2. The Morgan fingerprint density at radius 2 is 2.10 bits per heavy atom. The summed E-state index contributed by atoms with van der Waals surface area (Å²) in [5.41, 5.74) is 0. The molecule has 0 amide bonds. The molecule has 0 bridgehead atoms. The Labute approximate surface area is 127 Å². The van der Waals surface area contributed by atoms with E-state index in [2.05, 4.69) is 17.0 Å². The van der Waals surface area contributed by atoms with Crippen LogP contribution >= 0.6 is 0 Å². The third-order valence-corrected chi connectivity index (χ3v) is 4.44. The topological polar surface area (TPSA) is 91.6 Å². The predicted molar refractivity (Wildman–Crippen MR) is 81.4 cm³/mol. The Bertz CT molecular complexity index is 499. The molecule has 0 aromatic carbocycles. The van der Waals surface area contributed by atoms with Crippen molar-refractivity contribution in [3.05, 3.63) is 17.9 Å². The summed E-state index contributed by atoms with van der Waals surface area (Å²) in [6.07, 6.45) is 2.48. The van der Waals surface area contributed by atoms with Crippen molar-refractivity contribution in [2.24, 2.45) is 5.92 Å². The van der Waals surface area contributed by atoms with Gasteiger partial charge in [0.2, 0.25) is 5.09 Å². The van der Waals surface area contributed by atoms with E-state index in [9.17, 15) is 8.42 Å². The van der Waals surface area contributed by atoms with Gasteiger partial charge in [-0.15, -0.1) is 0 Å². The highest BCUT2D eigenvalue weighted by Gasteiger charge is 2.18. The summed E-state index contributed by atoms with van der Waals surface area (Å²) in [7, 11) is -3.58. The summed E-state index contributed by atoms with van der Waals surface area (Å²) in [4.78, 5) is 0. The summed E-state index contributed by atoms with van der Waals surface area (Å²) >= 11 is 0. The molecule has 0 saturated carbocycles. The van der Waals surface area contributed by atoms with Gasteiger partial charge in [0, 0.05) is 13.2 Å². The van der Waals surface area contributed by atoms with Crippen LogP contribution in [0.4, 0.5) is 0 Å². The van der Waals surface area contributed by atoms with E-state index in [1.54, 1.807) is 6.07 Å². The van der Waals surface area contributed by atoms with Crippen LogP contribution in [-0.2, 0) is 16.6 Å². The van der Waals surface area contributed by atoms with Crippen LogP contribution in [-0.4, -0.2) is 33.2 Å². The molecule has 0 aliphatic carbocycles. The van der Waals surface area contributed by atoms with E-state index in [4.69, 9.17) is 9.52 Å². The Morgan fingerprint density at radius 3 is 2.76 bits per heavy atom. The Balaban J connectivity index is 2.43. The average molecular weight is 318 g/mol. The molecule has 1 aromatic rings. The zero-order chi connectivity index (χ0) is 15.7. The number of hydrogen-bond donors (Lipinski definition) is 3. The van der Waals surface area contributed by atoms with Crippen LogP contribution in [0.25, 0.3) is 0 Å². The van der Waals surface area contributed by atoms with Gasteiger partial charge in [-0.2, -0.15) is 0 Å². The maximum Gasteiger partial charge on any atom is 0.273 e. The van der Waals surface area contributed by atoms with Crippen LogP contribution in [0.3, 0.4) is 0 Å². The van der Waals surface area contributed by atoms with Gasteiger partial charge in [-0.25, -0.2) is 13.1 Å². The van der Waals surface area contributed by atoms with E-state index >= 15 is 0 Å². The molecule has 0 aliphatic heterocycles. The van der Waals surface area contributed by atoms with Gasteiger partial charge >= 0.3 is 0 Å². The molecule has 1 aromatic heterocycles. The molecule has 1 rings (SSSR count). The summed E-state index contributed by atoms with van der Waals surface area (Å²) < 4.78 is 31.9. The lowest BCUT2D eigenvalue weighted by Crippen LogP contribution is -2.25. The minimum Gasteiger partial charge on any atom is -0.447 e. The van der Waals surface area contributed by atoms with E-state index in [1.165, 1.54) is 6.07 Å². The van der Waals surface area contributed by atoms with Crippen molar-refractivity contribution < 1.29 is 17.9 Å². The molecule has 1 unspecified atom stereocenters. The van der Waals surface area contributed by atoms with Crippen molar-refractivity contribution in [1.82, 2.24) is 10.0 Å². The monoisotopic (exact) mass is 318 g/mol. The second kappa shape index (κ2) is 9.19. The fraction of sp³-hybridized carbons (Fsp3) is 0.714. The van der Waals surface area contributed by atoms with Gasteiger partial charge in [0.15, 0.2) is 0 Å². The molecule has 0 fully saturated rings. The molecular weight excluding hydrogens is 292 g/mol. The fourth-order valence-corrected chi connectivity index (χ4v) is 2.82. The van der Waals surface area contributed by atoms with Crippen LogP contribution in [0.5, 0.6) is 0 Å². The van der Waals surface area contributed by atoms with E-state index < -0.39 is 10.0 Å². The van der Waals surface area contributed by atoms with Crippen molar-refractivity contribution >= 4 is 10.0 Å². The van der Waals surface area contributed by atoms with Gasteiger partial charge < -0.3 is 14.8 Å². The average Bonchev–Trinajstić information content (AvgIpc) is 2.93. The largest absolute Gasteiger partial charge is 0.447 e. The summed E-state index contributed by atoms with van der Waals surface area (Å²) in [6, 6.07) is 3.15. The minimum atomic E-state index is -3.58. The lowest BCUT2D eigenvalue weighted by Gasteiger charge is -2.08. The maximum atomic E-state index is 12.0. The summed E-state index contributed by atoms with van der Waals surface area (Å²) in [5, 5.41) is 12.0. The normalized spacial score (nSPS) is 13.5. The van der Waals surface area contributed by atoms with E-state index in [0.717, 1.165) is 19.4 Å². The van der Waals surface area contributed by atoms with Gasteiger partial charge in [0.1, 0.15) is 5.76 Å². The second-order valence-corrected chi connectivity index (χ2v) is 6.92. The third kappa shape index (κ3) is 6.60. The van der Waals surface area contributed by atoms with Crippen molar-refractivity contribution in [3.63, 3.8) is 0 Å². The first kappa shape index (κ1) is 18.2. The Morgan fingerprint density at radius 1 is 1.33 bits per heavy atom. The lowest BCUT2D eigenvalue weighted by atomic mass is 10.1. The molecule has 0 radical (unpaired) electrons. The first-order valence-electron chi connectivity index (χ1n) is 7.39. The molecule has 7 heteroatoms. The van der Waals surface area contributed by atoms with Gasteiger partial charge in [-0.3, -0.25) is 0 Å². The fourth-order valence-electron chi connectivity index (χ4n) is 1.81. The van der Waals surface area contributed by atoms with E-state index in [1.807, 2.05) is 6.92 Å². The van der Waals surface area contributed by atoms with Crippen LogP contribution < -0.4 is 10.0 Å². The van der Waals surface area contributed by atoms with E-state index in [0.29, 0.717) is 25.3 Å². The van der Waals surface area contributed by atoms with Crippen LogP contribution in [0.1, 0.15) is 38.9 Å². The number of sulfonamides is 1. The van der Waals surface area contributed by atoms with Crippen molar-refractivity contribution in [1.29, 1.82) is 0 Å². The number of nitrogens with one attached hydrogen (secondary N) is 2. The molecule has 1 atom stereocenters. The van der Waals surface area contributed by atoms with Crippen molar-refractivity contribution in [2.45, 2.75) is 44.7 Å². The predicted octanol–water partition coefficient (Wildman–Crippen LogP) is 1.47. The number of rotatable bonds is 11. The zero-order valence-corrected chi connectivity index (χ0v) is 13.6. The van der Waals surface area contributed by atoms with Gasteiger partial charge in [-0.05, 0) is 43.9 Å². The van der Waals surface area contributed by atoms with Crippen LogP contribution in [0.15, 0.2) is 21.6 Å². The molecule has 3 N–H and O–H groups in total. The number of aliphatic hydroxyl groups is 1. The first-order chi connectivity index (χ1) is 9.99. The summed E-state index contributed by atoms with van der Waals surface area (Å²) in [6.45, 7) is 5.85. The zero-order valence-electron chi connectivity index (χ0n) is 12.8. The lowest BCUT2D eigenvalue weighted by molar-refractivity contribution is 0.228. The summed E-state index contributed by atoms with van der Waals surface area (Å²) in [5.74, 6) is 0.798. The molecule has 122 valence electrons. The maximum absolute atomic E-state index is 12.0. The highest BCUT2D eigenvalue weighted by Crippen LogP contribution is 2.14. The molecule has 1 heterocycles. The first-order valence-corrected chi connectivity index (χ1v) is 8.88. The smallest absolute Gasteiger partial charge is 0.273 e. The number of furan rings is 1. The number of aliphatic hydroxyl groups excluding tert-OH is 1. The van der Waals surface area contributed by atoms with Crippen LogP contribution in [0.2, 0.25) is 0 Å². The molecule has 0 spiro atoms. The van der Waals surface area contributed by atoms with Gasteiger partial charge in [-0.1, -0.05) is 13.8 Å². The van der Waals surface area contributed by atoms with Crippen molar-refractivity contribution in [3.8, 4) is 0 Å². The quantitative estimate of drug-likeness (QED) is 0.537. The highest BCUT2D eigenvalue weighted by molar-refractivity contribution is 7.89. The molecular formula is C14H26N2O4S. The second-order valence-electron chi connectivity index (χ2n) is 5.23. The molecule has 21 heavy (non-hydrogen) atoms.